The normalized spacial score (nSPS) is 28.1. The van der Waals surface area contributed by atoms with E-state index in [0.717, 1.165) is 6.04 Å². The van der Waals surface area contributed by atoms with Gasteiger partial charge in [0, 0.05) is 12.1 Å². The molecule has 0 saturated heterocycles. The van der Waals surface area contributed by atoms with Crippen molar-refractivity contribution in [1.82, 2.24) is 5.32 Å². The predicted octanol–water partition coefficient (Wildman–Crippen LogP) is 3.54. The lowest BCUT2D eigenvalue weighted by Gasteiger charge is -2.41. The molecule has 2 nitrogen and oxygen atoms in total. The first kappa shape index (κ1) is 14.2. The molecule has 0 atom stereocenters. The van der Waals surface area contributed by atoms with E-state index in [9.17, 15) is 0 Å². The topological polar surface area (TPSA) is 21.3 Å². The summed E-state index contributed by atoms with van der Waals surface area (Å²) in [4.78, 5) is 0. The summed E-state index contributed by atoms with van der Waals surface area (Å²) in [5.41, 5.74) is 0. The molecule has 0 heterocycles. The van der Waals surface area contributed by atoms with Crippen LogP contribution in [0.3, 0.4) is 0 Å². The zero-order valence-corrected chi connectivity index (χ0v) is 12.9. The molecule has 0 radical (unpaired) electrons. The molecule has 0 aliphatic heterocycles. The Balaban J connectivity index is 2.45. The van der Waals surface area contributed by atoms with Crippen LogP contribution in [0, 0.1) is 0 Å². The summed E-state index contributed by atoms with van der Waals surface area (Å²) < 4.78 is 6.45. The summed E-state index contributed by atoms with van der Waals surface area (Å²) >= 11 is 0. The van der Waals surface area contributed by atoms with Crippen LogP contribution in [-0.2, 0) is 4.43 Å². The average Bonchev–Trinajstić information content (AvgIpc) is 2.16. The van der Waals surface area contributed by atoms with Gasteiger partial charge in [-0.25, -0.2) is 0 Å². The molecule has 0 aromatic carbocycles. The summed E-state index contributed by atoms with van der Waals surface area (Å²) in [5, 5.41) is 3.71. The highest BCUT2D eigenvalue weighted by atomic mass is 28.4. The van der Waals surface area contributed by atoms with Gasteiger partial charge in [0.2, 0.25) is 0 Å². The van der Waals surface area contributed by atoms with Crippen LogP contribution in [0.2, 0.25) is 18.1 Å². The van der Waals surface area contributed by atoms with E-state index in [1.54, 1.807) is 0 Å². The predicted molar refractivity (Wildman–Crippen MR) is 73.4 cm³/mol. The van der Waals surface area contributed by atoms with Gasteiger partial charge < -0.3 is 9.74 Å². The summed E-state index contributed by atoms with van der Waals surface area (Å²) in [5.74, 6) is 0. The zero-order chi connectivity index (χ0) is 12.4. The first-order chi connectivity index (χ1) is 7.26. The average molecular weight is 243 g/mol. The van der Waals surface area contributed by atoms with Crippen LogP contribution in [0.25, 0.3) is 0 Å². The second-order valence-corrected chi connectivity index (χ2v) is 11.4. The van der Waals surface area contributed by atoms with Gasteiger partial charge in [-0.05, 0) is 50.9 Å². The van der Waals surface area contributed by atoms with Crippen LogP contribution in [0.4, 0.5) is 0 Å². The first-order valence-electron chi connectivity index (χ1n) is 6.61. The van der Waals surface area contributed by atoms with E-state index < -0.39 is 8.32 Å². The fraction of sp³-hybridized carbons (Fsp3) is 1.00. The SMILES string of the molecule is CN[C@H]1CC[C@H](O[Si](C)(C)C(C)(C)C)CC1. The van der Waals surface area contributed by atoms with E-state index in [4.69, 9.17) is 4.43 Å². The van der Waals surface area contributed by atoms with Crippen LogP contribution >= 0.6 is 0 Å². The van der Waals surface area contributed by atoms with Crippen LogP contribution in [-0.4, -0.2) is 27.5 Å². The lowest BCUT2D eigenvalue weighted by atomic mass is 9.93. The monoisotopic (exact) mass is 243 g/mol. The molecule has 0 aromatic rings. The minimum absolute atomic E-state index is 0.340. The maximum Gasteiger partial charge on any atom is 0.192 e. The third kappa shape index (κ3) is 3.57. The molecule has 0 aromatic heterocycles. The highest BCUT2D eigenvalue weighted by Crippen LogP contribution is 2.39. The van der Waals surface area contributed by atoms with Gasteiger partial charge in [-0.15, -0.1) is 0 Å². The number of hydrogen-bond donors (Lipinski definition) is 1. The van der Waals surface area contributed by atoms with Crippen molar-refractivity contribution in [2.75, 3.05) is 7.05 Å². The number of nitrogens with one attached hydrogen (secondary N) is 1. The van der Waals surface area contributed by atoms with E-state index >= 15 is 0 Å². The van der Waals surface area contributed by atoms with E-state index in [1.165, 1.54) is 25.7 Å². The minimum atomic E-state index is -1.54. The molecule has 0 spiro atoms. The molecule has 0 bridgehead atoms. The molecule has 1 saturated carbocycles. The number of rotatable bonds is 3. The van der Waals surface area contributed by atoms with Crippen LogP contribution < -0.4 is 5.32 Å². The van der Waals surface area contributed by atoms with Gasteiger partial charge in [0.25, 0.3) is 0 Å². The van der Waals surface area contributed by atoms with Gasteiger partial charge >= 0.3 is 0 Å². The molecular weight excluding hydrogens is 214 g/mol. The third-order valence-corrected chi connectivity index (χ3v) is 8.88. The van der Waals surface area contributed by atoms with E-state index in [2.05, 4.69) is 46.2 Å². The second-order valence-electron chi connectivity index (χ2n) is 6.64. The fourth-order valence-corrected chi connectivity index (χ4v) is 3.49. The van der Waals surface area contributed by atoms with E-state index in [0.29, 0.717) is 11.1 Å². The van der Waals surface area contributed by atoms with Crippen molar-refractivity contribution < 1.29 is 4.43 Å². The van der Waals surface area contributed by atoms with Crippen molar-refractivity contribution >= 4 is 8.32 Å². The van der Waals surface area contributed by atoms with Gasteiger partial charge in [-0.2, -0.15) is 0 Å². The Labute approximate surface area is 102 Å². The summed E-state index contributed by atoms with van der Waals surface area (Å²) in [7, 11) is 0.524. The Bertz CT molecular complexity index is 214. The van der Waals surface area contributed by atoms with Crippen molar-refractivity contribution in [1.29, 1.82) is 0 Å². The quantitative estimate of drug-likeness (QED) is 0.766. The van der Waals surface area contributed by atoms with Gasteiger partial charge in [-0.1, -0.05) is 20.8 Å². The van der Waals surface area contributed by atoms with Crippen LogP contribution in [0.15, 0.2) is 0 Å². The van der Waals surface area contributed by atoms with Crippen molar-refractivity contribution in [3.8, 4) is 0 Å². The van der Waals surface area contributed by atoms with E-state index in [-0.39, 0.29) is 0 Å². The first-order valence-corrected chi connectivity index (χ1v) is 9.52. The highest BCUT2D eigenvalue weighted by Gasteiger charge is 2.39. The smallest absolute Gasteiger partial charge is 0.192 e. The van der Waals surface area contributed by atoms with Gasteiger partial charge in [0.1, 0.15) is 0 Å². The molecule has 96 valence electrons. The lowest BCUT2D eigenvalue weighted by molar-refractivity contribution is 0.126. The molecule has 1 fully saturated rings. The largest absolute Gasteiger partial charge is 0.414 e. The lowest BCUT2D eigenvalue weighted by Crippen LogP contribution is -2.45. The molecule has 16 heavy (non-hydrogen) atoms. The van der Waals surface area contributed by atoms with Gasteiger partial charge in [0.05, 0.1) is 0 Å². The van der Waals surface area contributed by atoms with Crippen molar-refractivity contribution in [2.24, 2.45) is 0 Å². The van der Waals surface area contributed by atoms with Gasteiger partial charge in [-0.3, -0.25) is 0 Å². The second kappa shape index (κ2) is 5.19. The molecule has 0 amide bonds. The van der Waals surface area contributed by atoms with Crippen LogP contribution in [0.1, 0.15) is 46.5 Å². The number of hydrogen-bond acceptors (Lipinski definition) is 2. The maximum absolute atomic E-state index is 6.45. The molecule has 1 aliphatic rings. The molecule has 0 unspecified atom stereocenters. The van der Waals surface area contributed by atoms with Crippen LogP contribution in [0.5, 0.6) is 0 Å². The fourth-order valence-electron chi connectivity index (χ4n) is 2.06. The highest BCUT2D eigenvalue weighted by molar-refractivity contribution is 6.74. The minimum Gasteiger partial charge on any atom is -0.414 e. The Morgan fingerprint density at radius 2 is 1.56 bits per heavy atom. The molecule has 1 rings (SSSR count). The summed E-state index contributed by atoms with van der Waals surface area (Å²) in [6, 6.07) is 0.722. The summed E-state index contributed by atoms with van der Waals surface area (Å²) in [6.07, 6.45) is 5.53. The van der Waals surface area contributed by atoms with Gasteiger partial charge in [0.15, 0.2) is 8.32 Å². The zero-order valence-electron chi connectivity index (χ0n) is 11.9. The summed E-state index contributed by atoms with van der Waals surface area (Å²) in [6.45, 7) is 11.7. The molecule has 3 heteroatoms. The maximum atomic E-state index is 6.45. The third-order valence-electron chi connectivity index (χ3n) is 4.35. The van der Waals surface area contributed by atoms with E-state index in [1.807, 2.05) is 0 Å². The standard InChI is InChI=1S/C13H29NOSi/c1-13(2,3)16(5,6)15-12-9-7-11(14-4)8-10-12/h11-12,14H,7-10H2,1-6H3/t11-,12-. The molecule has 1 aliphatic carbocycles. The van der Waals surface area contributed by atoms with Crippen molar-refractivity contribution in [3.05, 3.63) is 0 Å². The Morgan fingerprint density at radius 1 is 1.06 bits per heavy atom. The van der Waals surface area contributed by atoms with Crippen molar-refractivity contribution in [2.45, 2.75) is 76.7 Å². The molecular formula is C13H29NOSi. The van der Waals surface area contributed by atoms with Crippen molar-refractivity contribution in [3.63, 3.8) is 0 Å². The Kier molecular flexibility index (Phi) is 4.61. The molecule has 1 N–H and O–H groups in total. The Morgan fingerprint density at radius 3 is 1.94 bits per heavy atom. The Hall–Kier alpha value is 0.137.